The zero-order chi connectivity index (χ0) is 18.6. The number of hydrogen-bond acceptors (Lipinski definition) is 5. The lowest BCUT2D eigenvalue weighted by molar-refractivity contribution is -0.161. The quantitative estimate of drug-likeness (QED) is 0.450. The number of aromatic nitrogens is 2. The highest BCUT2D eigenvalue weighted by Crippen LogP contribution is 2.34. The Morgan fingerprint density at radius 3 is 2.84 bits per heavy atom. The van der Waals surface area contributed by atoms with Gasteiger partial charge in [-0.05, 0) is 23.4 Å². The van der Waals surface area contributed by atoms with E-state index in [0.717, 1.165) is 5.01 Å². The Balaban J connectivity index is 2.48. The molecule has 136 valence electrons. The first kappa shape index (κ1) is 18.4. The molecular formula is C13H16F3N7O2. The van der Waals surface area contributed by atoms with E-state index in [9.17, 15) is 22.8 Å². The van der Waals surface area contributed by atoms with Crippen LogP contribution in [0.2, 0.25) is 0 Å². The number of carbonyl (C=O) groups is 2. The van der Waals surface area contributed by atoms with Crippen LogP contribution in [0.1, 0.15) is 19.0 Å². The Hall–Kier alpha value is -2.92. The number of rotatable bonds is 6. The molecule has 2 N–H and O–H groups in total. The van der Waals surface area contributed by atoms with Crippen LogP contribution in [0.25, 0.3) is 5.57 Å². The van der Waals surface area contributed by atoms with Crippen LogP contribution in [-0.2, 0) is 16.1 Å². The fourth-order valence-corrected chi connectivity index (χ4v) is 2.34. The summed E-state index contributed by atoms with van der Waals surface area (Å²) in [4.78, 5) is 22.4. The largest absolute Gasteiger partial charge is 0.408 e. The molecule has 2 rings (SSSR count). The first-order valence-electron chi connectivity index (χ1n) is 7.26. The van der Waals surface area contributed by atoms with Gasteiger partial charge in [-0.25, -0.2) is 10.4 Å². The first-order valence-corrected chi connectivity index (χ1v) is 7.26. The van der Waals surface area contributed by atoms with Gasteiger partial charge in [0.05, 0.1) is 5.69 Å². The summed E-state index contributed by atoms with van der Waals surface area (Å²) in [7, 11) is 1.33. The molecule has 12 heteroatoms. The summed E-state index contributed by atoms with van der Waals surface area (Å²) >= 11 is 0. The molecule has 0 fully saturated rings. The number of aryl methyl sites for hydroxylation is 1. The van der Waals surface area contributed by atoms with Crippen LogP contribution < -0.4 is 10.7 Å². The Bertz CT molecular complexity index is 711. The molecule has 2 heterocycles. The average Bonchev–Trinajstić information content (AvgIpc) is 3.02. The van der Waals surface area contributed by atoms with Gasteiger partial charge in [0.25, 0.3) is 5.91 Å². The summed E-state index contributed by atoms with van der Waals surface area (Å²) in [5, 5.41) is 13.9. The van der Waals surface area contributed by atoms with Crippen LogP contribution in [0.4, 0.5) is 13.2 Å². The Morgan fingerprint density at radius 1 is 1.56 bits per heavy atom. The SMILES string of the molecule is CCn1ccc(C2=C(N(C)/N=N\NC=O)C(=O)NC(C(F)(F)F)C2)n1. The summed E-state index contributed by atoms with van der Waals surface area (Å²) in [5.74, 6) is -0.956. The van der Waals surface area contributed by atoms with Crippen LogP contribution in [0.5, 0.6) is 0 Å². The summed E-state index contributed by atoms with van der Waals surface area (Å²) in [6, 6.07) is -0.497. The molecule has 0 saturated heterocycles. The van der Waals surface area contributed by atoms with Crippen molar-refractivity contribution in [2.24, 2.45) is 10.4 Å². The van der Waals surface area contributed by atoms with Gasteiger partial charge < -0.3 is 5.32 Å². The number of likely N-dealkylation sites (N-methyl/N-ethyl adjacent to an activating group) is 1. The summed E-state index contributed by atoms with van der Waals surface area (Å²) in [6.07, 6.45) is -3.23. The summed E-state index contributed by atoms with van der Waals surface area (Å²) in [5.41, 5.74) is 2.12. The number of amides is 2. The van der Waals surface area contributed by atoms with E-state index in [1.807, 2.05) is 17.7 Å². The van der Waals surface area contributed by atoms with Gasteiger partial charge >= 0.3 is 6.18 Å². The molecule has 0 spiro atoms. The molecule has 1 aliphatic heterocycles. The Labute approximate surface area is 140 Å². The van der Waals surface area contributed by atoms with E-state index in [-0.39, 0.29) is 23.4 Å². The summed E-state index contributed by atoms with van der Waals surface area (Å²) in [6.45, 7) is 2.35. The Kier molecular flexibility index (Phi) is 5.39. The highest BCUT2D eigenvalue weighted by Gasteiger charge is 2.45. The fourth-order valence-electron chi connectivity index (χ4n) is 2.34. The molecule has 0 radical (unpaired) electrons. The highest BCUT2D eigenvalue weighted by molar-refractivity contribution is 6.02. The van der Waals surface area contributed by atoms with Gasteiger partial charge in [0.15, 0.2) is 0 Å². The third-order valence-electron chi connectivity index (χ3n) is 3.50. The van der Waals surface area contributed by atoms with Crippen molar-refractivity contribution in [3.8, 4) is 0 Å². The minimum atomic E-state index is -4.60. The topological polar surface area (TPSA) is 104 Å². The van der Waals surface area contributed by atoms with Gasteiger partial charge in [-0.2, -0.15) is 18.3 Å². The van der Waals surface area contributed by atoms with Crippen molar-refractivity contribution in [1.82, 2.24) is 25.5 Å². The van der Waals surface area contributed by atoms with Gasteiger partial charge in [-0.3, -0.25) is 14.3 Å². The van der Waals surface area contributed by atoms with E-state index in [1.165, 1.54) is 17.8 Å². The molecule has 0 aromatic carbocycles. The van der Waals surface area contributed by atoms with Crippen molar-refractivity contribution >= 4 is 17.9 Å². The zero-order valence-electron chi connectivity index (χ0n) is 13.4. The van der Waals surface area contributed by atoms with Gasteiger partial charge in [0, 0.05) is 31.8 Å². The molecular weight excluding hydrogens is 343 g/mol. The molecule has 9 nitrogen and oxygen atoms in total. The smallest absolute Gasteiger partial charge is 0.339 e. The second-order valence-electron chi connectivity index (χ2n) is 5.12. The van der Waals surface area contributed by atoms with Crippen LogP contribution >= 0.6 is 0 Å². The van der Waals surface area contributed by atoms with E-state index < -0.39 is 24.5 Å². The minimum Gasteiger partial charge on any atom is -0.339 e. The van der Waals surface area contributed by atoms with Crippen LogP contribution in [0, 0.1) is 0 Å². The third-order valence-corrected chi connectivity index (χ3v) is 3.50. The summed E-state index contributed by atoms with van der Waals surface area (Å²) < 4.78 is 40.8. The van der Waals surface area contributed by atoms with Gasteiger partial charge in [0.1, 0.15) is 11.7 Å². The average molecular weight is 359 g/mol. The van der Waals surface area contributed by atoms with E-state index in [1.54, 1.807) is 6.20 Å². The number of halogens is 3. The second-order valence-corrected chi connectivity index (χ2v) is 5.12. The number of nitrogens with zero attached hydrogens (tertiary/aromatic N) is 5. The molecule has 0 aliphatic carbocycles. The number of hydrogen-bond donors (Lipinski definition) is 2. The lowest BCUT2D eigenvalue weighted by Gasteiger charge is -2.30. The van der Waals surface area contributed by atoms with Crippen LogP contribution in [-0.4, -0.2) is 46.4 Å². The zero-order valence-corrected chi connectivity index (χ0v) is 13.4. The van der Waals surface area contributed by atoms with Crippen molar-refractivity contribution in [1.29, 1.82) is 0 Å². The normalized spacial score (nSPS) is 18.4. The molecule has 1 unspecified atom stereocenters. The highest BCUT2D eigenvalue weighted by atomic mass is 19.4. The monoisotopic (exact) mass is 359 g/mol. The molecule has 25 heavy (non-hydrogen) atoms. The maximum Gasteiger partial charge on any atom is 0.408 e. The molecule has 1 aliphatic rings. The second kappa shape index (κ2) is 7.32. The molecule has 1 aromatic rings. The first-order chi connectivity index (χ1) is 11.8. The van der Waals surface area contributed by atoms with Gasteiger partial charge in [-0.15, -0.1) is 0 Å². The lowest BCUT2D eigenvalue weighted by Crippen LogP contribution is -2.50. The van der Waals surface area contributed by atoms with Gasteiger partial charge in [0.2, 0.25) is 6.41 Å². The van der Waals surface area contributed by atoms with Crippen LogP contribution in [0.3, 0.4) is 0 Å². The van der Waals surface area contributed by atoms with E-state index in [2.05, 4.69) is 15.5 Å². The molecule has 2 amide bonds. The lowest BCUT2D eigenvalue weighted by atomic mass is 9.96. The number of carbonyl (C=O) groups excluding carboxylic acids is 2. The third kappa shape index (κ3) is 4.14. The van der Waals surface area contributed by atoms with Crippen molar-refractivity contribution in [2.75, 3.05) is 7.05 Å². The number of nitrogens with one attached hydrogen (secondary N) is 2. The fraction of sp³-hybridized carbons (Fsp3) is 0.462. The standard InChI is InChI=1S/C13H16F3N7O2/c1-3-23-5-4-9(19-23)8-6-10(13(14,15)16)18-12(25)11(8)22(2)21-20-17-7-24/h4-5,7,10H,3,6H2,1-2H3,(H,18,25)(H,17,21,24). The van der Waals surface area contributed by atoms with Gasteiger partial charge in [-0.1, -0.05) is 0 Å². The molecule has 0 saturated carbocycles. The van der Waals surface area contributed by atoms with Crippen LogP contribution in [0.15, 0.2) is 28.4 Å². The molecule has 1 atom stereocenters. The predicted molar refractivity (Wildman–Crippen MR) is 79.2 cm³/mol. The van der Waals surface area contributed by atoms with Crippen molar-refractivity contribution in [3.05, 3.63) is 23.7 Å². The maximum atomic E-state index is 13.1. The minimum absolute atomic E-state index is 0.0887. The Morgan fingerprint density at radius 2 is 2.28 bits per heavy atom. The molecule has 1 aromatic heterocycles. The van der Waals surface area contributed by atoms with E-state index >= 15 is 0 Å². The predicted octanol–water partition coefficient (Wildman–Crippen LogP) is 1.02. The van der Waals surface area contributed by atoms with Crippen molar-refractivity contribution in [2.45, 2.75) is 32.1 Å². The maximum absolute atomic E-state index is 13.1. The number of alkyl halides is 3. The molecule has 0 bridgehead atoms. The van der Waals surface area contributed by atoms with E-state index in [4.69, 9.17) is 0 Å². The van der Waals surface area contributed by atoms with E-state index in [0.29, 0.717) is 6.54 Å². The van der Waals surface area contributed by atoms with Crippen molar-refractivity contribution in [3.63, 3.8) is 0 Å². The van der Waals surface area contributed by atoms with Crippen molar-refractivity contribution < 1.29 is 22.8 Å².